The van der Waals surface area contributed by atoms with Crippen molar-refractivity contribution in [3.05, 3.63) is 0 Å². The molecule has 5 unspecified atom stereocenters. The standard InChI is InChI=1S/C38H66O6/c1-5-6-7-8-9-10-11-12-13-14-15-16-35(43)44-28-21-22-37(3)27(23-28)24-32(39)36-30-19-18-29(26(2)17-20-34(41)42)38(30,4)33(40)25-31(36)37/h26-33,36,39-40H,5-25H2,1-4H3,(H,41,42)/t26-,27+,28-,29?,30?,31?,32?,33+,36?,37+,38-/m1/s1. The minimum atomic E-state index is -0.752. The molecule has 0 heterocycles. The molecule has 0 radical (unpaired) electrons. The van der Waals surface area contributed by atoms with E-state index in [9.17, 15) is 24.9 Å². The maximum Gasteiger partial charge on any atom is 0.306 e. The third-order valence-electron chi connectivity index (χ3n) is 13.6. The second-order valence-corrected chi connectivity index (χ2v) is 16.2. The fraction of sp³-hybridized carbons (Fsp3) is 0.947. The summed E-state index contributed by atoms with van der Waals surface area (Å²) in [5, 5.41) is 32.7. The number of carboxylic acids is 1. The summed E-state index contributed by atoms with van der Waals surface area (Å²) in [6, 6.07) is 0. The van der Waals surface area contributed by atoms with Gasteiger partial charge in [0.2, 0.25) is 0 Å². The number of unbranched alkanes of at least 4 members (excludes halogenated alkanes) is 10. The van der Waals surface area contributed by atoms with Gasteiger partial charge in [-0.1, -0.05) is 91.9 Å². The molecular weight excluding hydrogens is 552 g/mol. The van der Waals surface area contributed by atoms with E-state index in [-0.39, 0.29) is 58.9 Å². The second-order valence-electron chi connectivity index (χ2n) is 16.2. The highest BCUT2D eigenvalue weighted by Gasteiger charge is 2.65. The molecule has 0 aromatic heterocycles. The fourth-order valence-corrected chi connectivity index (χ4v) is 11.0. The highest BCUT2D eigenvalue weighted by molar-refractivity contribution is 5.69. The van der Waals surface area contributed by atoms with Gasteiger partial charge in [-0.25, -0.2) is 0 Å². The van der Waals surface area contributed by atoms with Gasteiger partial charge in [0.1, 0.15) is 6.10 Å². The van der Waals surface area contributed by atoms with E-state index in [0.717, 1.165) is 51.4 Å². The molecule has 4 fully saturated rings. The molecule has 0 aliphatic heterocycles. The van der Waals surface area contributed by atoms with Gasteiger partial charge in [-0.3, -0.25) is 9.59 Å². The van der Waals surface area contributed by atoms with Crippen LogP contribution in [-0.4, -0.2) is 45.6 Å². The Bertz CT molecular complexity index is 921. The Labute approximate surface area is 268 Å². The van der Waals surface area contributed by atoms with Crippen LogP contribution >= 0.6 is 0 Å². The molecule has 4 saturated carbocycles. The predicted molar refractivity (Wildman–Crippen MR) is 175 cm³/mol. The highest BCUT2D eigenvalue weighted by atomic mass is 16.5. The number of carboxylic acid groups (broad SMARTS) is 1. The summed E-state index contributed by atoms with van der Waals surface area (Å²) in [4.78, 5) is 24.0. The molecule has 6 heteroatoms. The molecule has 44 heavy (non-hydrogen) atoms. The molecule has 4 aliphatic rings. The number of aliphatic hydroxyl groups is 2. The third-order valence-corrected chi connectivity index (χ3v) is 13.6. The van der Waals surface area contributed by atoms with Gasteiger partial charge >= 0.3 is 11.9 Å². The molecule has 4 rings (SSSR count). The van der Waals surface area contributed by atoms with Crippen LogP contribution in [0.25, 0.3) is 0 Å². The molecule has 0 aromatic carbocycles. The van der Waals surface area contributed by atoms with Crippen LogP contribution in [-0.2, 0) is 14.3 Å². The maximum atomic E-state index is 12.7. The lowest BCUT2D eigenvalue weighted by atomic mass is 9.43. The molecular formula is C38H66O6. The average Bonchev–Trinajstić information content (AvgIpc) is 3.34. The summed E-state index contributed by atoms with van der Waals surface area (Å²) in [6.45, 7) is 9.05. The van der Waals surface area contributed by atoms with Crippen LogP contribution in [0.2, 0.25) is 0 Å². The van der Waals surface area contributed by atoms with E-state index < -0.39 is 18.2 Å². The number of hydrogen-bond donors (Lipinski definition) is 3. The molecule has 254 valence electrons. The van der Waals surface area contributed by atoms with Gasteiger partial charge in [0.15, 0.2) is 0 Å². The van der Waals surface area contributed by atoms with Crippen LogP contribution in [0.3, 0.4) is 0 Å². The maximum absolute atomic E-state index is 12.7. The van der Waals surface area contributed by atoms with Gasteiger partial charge in [-0.2, -0.15) is 0 Å². The van der Waals surface area contributed by atoms with Crippen molar-refractivity contribution in [2.45, 2.75) is 181 Å². The van der Waals surface area contributed by atoms with Gasteiger partial charge in [0, 0.05) is 12.8 Å². The molecule has 6 nitrogen and oxygen atoms in total. The SMILES string of the molecule is CCCCCCCCCCCCCC(=O)O[C@@H]1CC[C@]2(C)C3C[C@H](O)[C@@]4(C)C(CCC4[C@H](C)CCC(=O)O)C3C(O)C[C@@H]2C1. The zero-order chi connectivity index (χ0) is 31.9. The largest absolute Gasteiger partial charge is 0.481 e. The van der Waals surface area contributed by atoms with Crippen LogP contribution in [0.5, 0.6) is 0 Å². The topological polar surface area (TPSA) is 104 Å². The van der Waals surface area contributed by atoms with Gasteiger partial charge in [-0.05, 0) is 104 Å². The number of aliphatic carboxylic acids is 1. The number of rotatable bonds is 17. The molecule has 0 aromatic rings. The van der Waals surface area contributed by atoms with Crippen molar-refractivity contribution in [2.24, 2.45) is 46.3 Å². The lowest BCUT2D eigenvalue weighted by molar-refractivity contribution is -0.209. The quantitative estimate of drug-likeness (QED) is 0.111. The van der Waals surface area contributed by atoms with E-state index >= 15 is 0 Å². The van der Waals surface area contributed by atoms with Crippen LogP contribution in [0, 0.1) is 46.3 Å². The van der Waals surface area contributed by atoms with Crippen molar-refractivity contribution in [1.82, 2.24) is 0 Å². The normalized spacial score (nSPS) is 38.8. The van der Waals surface area contributed by atoms with Gasteiger partial charge in [-0.15, -0.1) is 0 Å². The number of carbonyl (C=O) groups excluding carboxylic acids is 1. The number of carbonyl (C=O) groups is 2. The summed E-state index contributed by atoms with van der Waals surface area (Å²) in [5.41, 5.74) is -0.234. The van der Waals surface area contributed by atoms with Gasteiger partial charge in [0.05, 0.1) is 12.2 Å². The molecule has 0 spiro atoms. The van der Waals surface area contributed by atoms with E-state index in [0.29, 0.717) is 25.2 Å². The van der Waals surface area contributed by atoms with E-state index in [4.69, 9.17) is 4.74 Å². The Kier molecular flexibility index (Phi) is 13.1. The monoisotopic (exact) mass is 618 g/mol. The summed E-state index contributed by atoms with van der Waals surface area (Å²) in [7, 11) is 0. The number of fused-ring (bicyclic) bond motifs is 5. The summed E-state index contributed by atoms with van der Waals surface area (Å²) in [5.74, 6) is 0.743. The fourth-order valence-electron chi connectivity index (χ4n) is 11.0. The summed E-state index contributed by atoms with van der Waals surface area (Å²) >= 11 is 0. The van der Waals surface area contributed by atoms with Crippen molar-refractivity contribution in [3.8, 4) is 0 Å². The molecule has 4 aliphatic carbocycles. The summed E-state index contributed by atoms with van der Waals surface area (Å²) in [6.07, 6.45) is 20.6. The summed E-state index contributed by atoms with van der Waals surface area (Å²) < 4.78 is 6.02. The van der Waals surface area contributed by atoms with E-state index in [1.165, 1.54) is 57.8 Å². The van der Waals surface area contributed by atoms with E-state index in [1.54, 1.807) is 0 Å². The first kappa shape index (κ1) is 35.7. The second kappa shape index (κ2) is 16.1. The van der Waals surface area contributed by atoms with Crippen molar-refractivity contribution in [2.75, 3.05) is 0 Å². The molecule has 11 atom stereocenters. The Hall–Kier alpha value is -1.14. The Morgan fingerprint density at radius 1 is 0.818 bits per heavy atom. The number of ether oxygens (including phenoxy) is 1. The number of aliphatic hydroxyl groups excluding tert-OH is 2. The Balaban J connectivity index is 1.23. The zero-order valence-electron chi connectivity index (χ0n) is 28.6. The molecule has 3 N–H and O–H groups in total. The van der Waals surface area contributed by atoms with Crippen LogP contribution in [0.1, 0.15) is 163 Å². The van der Waals surface area contributed by atoms with Crippen LogP contribution < -0.4 is 0 Å². The first-order valence-corrected chi connectivity index (χ1v) is 18.8. The Morgan fingerprint density at radius 2 is 1.45 bits per heavy atom. The first-order chi connectivity index (χ1) is 21.0. The predicted octanol–water partition coefficient (Wildman–Crippen LogP) is 8.70. The third kappa shape index (κ3) is 8.04. The van der Waals surface area contributed by atoms with Crippen molar-refractivity contribution >= 4 is 11.9 Å². The van der Waals surface area contributed by atoms with Crippen LogP contribution in [0.4, 0.5) is 0 Å². The van der Waals surface area contributed by atoms with Crippen molar-refractivity contribution in [1.29, 1.82) is 0 Å². The highest BCUT2D eigenvalue weighted by Crippen LogP contribution is 2.68. The van der Waals surface area contributed by atoms with Crippen LogP contribution in [0.15, 0.2) is 0 Å². The van der Waals surface area contributed by atoms with E-state index in [2.05, 4.69) is 27.7 Å². The lowest BCUT2D eigenvalue weighted by Crippen LogP contribution is -2.62. The zero-order valence-corrected chi connectivity index (χ0v) is 28.6. The van der Waals surface area contributed by atoms with Crippen molar-refractivity contribution in [3.63, 3.8) is 0 Å². The first-order valence-electron chi connectivity index (χ1n) is 18.8. The minimum absolute atomic E-state index is 0.0398. The molecule has 0 saturated heterocycles. The van der Waals surface area contributed by atoms with Crippen molar-refractivity contribution < 1.29 is 29.6 Å². The van der Waals surface area contributed by atoms with Gasteiger partial charge in [0.25, 0.3) is 0 Å². The lowest BCUT2D eigenvalue weighted by Gasteiger charge is -2.63. The molecule has 0 bridgehead atoms. The Morgan fingerprint density at radius 3 is 2.09 bits per heavy atom. The number of hydrogen-bond acceptors (Lipinski definition) is 5. The average molecular weight is 619 g/mol. The van der Waals surface area contributed by atoms with Gasteiger partial charge < -0.3 is 20.1 Å². The molecule has 0 amide bonds. The number of esters is 1. The van der Waals surface area contributed by atoms with E-state index in [1.807, 2.05) is 0 Å². The minimum Gasteiger partial charge on any atom is -0.481 e. The smallest absolute Gasteiger partial charge is 0.306 e.